The summed E-state index contributed by atoms with van der Waals surface area (Å²) in [6.07, 6.45) is 0.570. The van der Waals surface area contributed by atoms with Gasteiger partial charge in [0.15, 0.2) is 6.29 Å². The fourth-order valence-corrected chi connectivity index (χ4v) is 2.64. The summed E-state index contributed by atoms with van der Waals surface area (Å²) in [5.41, 5.74) is 1.46. The van der Waals surface area contributed by atoms with Crippen molar-refractivity contribution in [3.05, 3.63) is 48.5 Å². The van der Waals surface area contributed by atoms with Crippen LogP contribution in [0.2, 0.25) is 10.2 Å². The van der Waals surface area contributed by atoms with E-state index in [0.717, 1.165) is 16.9 Å². The van der Waals surface area contributed by atoms with Gasteiger partial charge in [-0.15, -0.1) is 0 Å². The Hall–Kier alpha value is -1.10. The smallest absolute Gasteiger partial charge is 0.297 e. The van der Waals surface area contributed by atoms with Crippen LogP contribution in [0.4, 0.5) is 0 Å². The van der Waals surface area contributed by atoms with E-state index in [1.165, 1.54) is 4.57 Å². The van der Waals surface area contributed by atoms with Gasteiger partial charge in [0.2, 0.25) is 0 Å². The van der Waals surface area contributed by atoms with Crippen LogP contribution in [0, 0.1) is 6.92 Å². The summed E-state index contributed by atoms with van der Waals surface area (Å²) >= 11 is 12.8. The number of aryl methyl sites for hydroxylation is 1. The molecule has 0 unspecified atom stereocenters. The van der Waals surface area contributed by atoms with Gasteiger partial charge in [0.1, 0.15) is 10.0 Å². The van der Waals surface area contributed by atoms with Gasteiger partial charge in [-0.25, -0.2) is 0 Å². The Balaban J connectivity index is 2.68. The molecule has 0 radical (unpaired) electrons. The Morgan fingerprint density at radius 1 is 1.35 bits per heavy atom. The topological polar surface area (TPSA) is 39.1 Å². The average molecular weight is 288 g/mol. The summed E-state index contributed by atoms with van der Waals surface area (Å²) in [6.45, 7) is 1.86. The van der Waals surface area contributed by atoms with Gasteiger partial charge in [0, 0.05) is 5.02 Å². The van der Waals surface area contributed by atoms with E-state index in [2.05, 4.69) is 0 Å². The first-order chi connectivity index (χ1) is 8.04. The summed E-state index contributed by atoms with van der Waals surface area (Å²) < 4.78 is 1.27. The molecule has 3 nitrogen and oxygen atoms in total. The average Bonchev–Trinajstić information content (AvgIpc) is 2.58. The zero-order valence-electron chi connectivity index (χ0n) is 8.74. The van der Waals surface area contributed by atoms with Gasteiger partial charge in [0.25, 0.3) is 0 Å². The molecular weight excluding hydrogens is 281 g/mol. The number of aldehydes is 1. The predicted octanol–water partition coefficient (Wildman–Crippen LogP) is 3.33. The highest BCUT2D eigenvalue weighted by atomic mass is 35.5. The van der Waals surface area contributed by atoms with Gasteiger partial charge in [0.05, 0.1) is 5.69 Å². The molecule has 0 bridgehead atoms. The molecule has 1 aromatic heterocycles. The number of nitrogens with zero attached hydrogens (tertiary/aromatic N) is 1. The maximum Gasteiger partial charge on any atom is 0.313 e. The van der Waals surface area contributed by atoms with E-state index in [-0.39, 0.29) is 14.9 Å². The molecule has 0 aliphatic carbocycles. The number of aromatic nitrogens is 1. The van der Waals surface area contributed by atoms with E-state index in [4.69, 9.17) is 23.2 Å². The molecule has 0 aliphatic heterocycles. The predicted molar refractivity (Wildman–Crippen MR) is 70.1 cm³/mol. The van der Waals surface area contributed by atoms with Crippen molar-refractivity contribution in [1.82, 2.24) is 4.57 Å². The molecule has 0 atom stereocenters. The summed E-state index contributed by atoms with van der Waals surface area (Å²) in [5, 5.41) is 0.666. The summed E-state index contributed by atoms with van der Waals surface area (Å²) in [4.78, 5) is 22.3. The number of thiazole rings is 1. The Morgan fingerprint density at radius 3 is 2.59 bits per heavy atom. The fraction of sp³-hybridized carbons (Fsp3) is 0.0909. The molecule has 2 aromatic rings. The first-order valence-corrected chi connectivity index (χ1v) is 6.25. The van der Waals surface area contributed by atoms with Crippen molar-refractivity contribution in [2.75, 3.05) is 0 Å². The number of hydrogen-bond donors (Lipinski definition) is 0. The third-order valence-corrected chi connectivity index (χ3v) is 4.06. The zero-order valence-corrected chi connectivity index (χ0v) is 11.1. The highest BCUT2D eigenvalue weighted by Gasteiger charge is 2.14. The minimum absolute atomic E-state index is 0.120. The number of rotatable bonds is 2. The van der Waals surface area contributed by atoms with Crippen molar-refractivity contribution in [3.63, 3.8) is 0 Å². The second-order valence-electron chi connectivity index (χ2n) is 3.41. The van der Waals surface area contributed by atoms with Crippen LogP contribution >= 0.6 is 34.5 Å². The van der Waals surface area contributed by atoms with Crippen molar-refractivity contribution < 1.29 is 4.79 Å². The number of carbonyl (C=O) groups is 1. The Kier molecular flexibility index (Phi) is 3.38. The molecule has 88 valence electrons. The highest BCUT2D eigenvalue weighted by molar-refractivity contribution is 7.11. The minimum atomic E-state index is -0.308. The number of halogens is 2. The molecule has 0 amide bonds. The Morgan fingerprint density at radius 2 is 2.06 bits per heavy atom. The molecule has 1 aromatic carbocycles. The first-order valence-electron chi connectivity index (χ1n) is 4.67. The zero-order chi connectivity index (χ0) is 12.6. The molecule has 2 rings (SSSR count). The van der Waals surface area contributed by atoms with E-state index in [0.29, 0.717) is 17.0 Å². The van der Waals surface area contributed by atoms with Crippen LogP contribution in [-0.4, -0.2) is 10.9 Å². The second kappa shape index (κ2) is 4.64. The van der Waals surface area contributed by atoms with Gasteiger partial charge in [-0.2, -0.15) is 0 Å². The summed E-state index contributed by atoms with van der Waals surface area (Å²) in [7, 11) is 0. The third kappa shape index (κ3) is 2.16. The van der Waals surface area contributed by atoms with Crippen LogP contribution in [0.25, 0.3) is 5.69 Å². The van der Waals surface area contributed by atoms with Gasteiger partial charge in [-0.1, -0.05) is 40.6 Å². The quantitative estimate of drug-likeness (QED) is 0.795. The normalized spacial score (nSPS) is 10.5. The molecule has 0 N–H and O–H groups in total. The lowest BCUT2D eigenvalue weighted by Crippen LogP contribution is -2.10. The van der Waals surface area contributed by atoms with Crippen molar-refractivity contribution in [2.24, 2.45) is 0 Å². The molecule has 6 heteroatoms. The molecular formula is C11H7Cl2NO2S. The van der Waals surface area contributed by atoms with Crippen LogP contribution in [0.15, 0.2) is 23.0 Å². The molecule has 0 saturated carbocycles. The van der Waals surface area contributed by atoms with Crippen molar-refractivity contribution >= 4 is 40.8 Å². The lowest BCUT2D eigenvalue weighted by Gasteiger charge is -2.05. The number of hydrogen-bond acceptors (Lipinski definition) is 3. The molecule has 17 heavy (non-hydrogen) atoms. The van der Waals surface area contributed by atoms with Gasteiger partial charge < -0.3 is 0 Å². The van der Waals surface area contributed by atoms with E-state index in [1.807, 2.05) is 6.92 Å². The first kappa shape index (κ1) is 12.4. The van der Waals surface area contributed by atoms with Crippen molar-refractivity contribution in [1.29, 1.82) is 0 Å². The minimum Gasteiger partial charge on any atom is -0.297 e. The molecule has 0 fully saturated rings. The largest absolute Gasteiger partial charge is 0.313 e. The van der Waals surface area contributed by atoms with E-state index < -0.39 is 0 Å². The van der Waals surface area contributed by atoms with Crippen LogP contribution in [0.1, 0.15) is 15.2 Å². The summed E-state index contributed by atoms with van der Waals surface area (Å²) in [5.74, 6) is 0. The van der Waals surface area contributed by atoms with E-state index in [9.17, 15) is 9.59 Å². The maximum atomic E-state index is 11.7. The van der Waals surface area contributed by atoms with Crippen LogP contribution in [-0.2, 0) is 0 Å². The maximum absolute atomic E-state index is 11.7. The van der Waals surface area contributed by atoms with Crippen molar-refractivity contribution in [2.45, 2.75) is 6.92 Å². The fourth-order valence-electron chi connectivity index (χ4n) is 1.38. The van der Waals surface area contributed by atoms with Crippen LogP contribution in [0.5, 0.6) is 0 Å². The SMILES string of the molecule is Cc1ccc(-n2c(Cl)c(C=O)sc2=O)cc1Cl. The number of benzene rings is 1. The highest BCUT2D eigenvalue weighted by Crippen LogP contribution is 2.24. The van der Waals surface area contributed by atoms with Crippen LogP contribution < -0.4 is 4.87 Å². The standard InChI is InChI=1S/C11H7Cl2NO2S/c1-6-2-3-7(4-8(6)12)14-10(13)9(5-15)17-11(14)16/h2-5H,1H3. The monoisotopic (exact) mass is 287 g/mol. The second-order valence-corrected chi connectivity index (χ2v) is 5.17. The molecule has 1 heterocycles. The van der Waals surface area contributed by atoms with Gasteiger partial charge in [-0.05, 0) is 24.6 Å². The number of carbonyl (C=O) groups excluding carboxylic acids is 1. The van der Waals surface area contributed by atoms with E-state index >= 15 is 0 Å². The molecule has 0 saturated heterocycles. The lowest BCUT2D eigenvalue weighted by molar-refractivity contribution is 0.112. The van der Waals surface area contributed by atoms with Crippen molar-refractivity contribution in [3.8, 4) is 5.69 Å². The van der Waals surface area contributed by atoms with Crippen LogP contribution in [0.3, 0.4) is 0 Å². The van der Waals surface area contributed by atoms with Gasteiger partial charge >= 0.3 is 4.87 Å². The van der Waals surface area contributed by atoms with Gasteiger partial charge in [-0.3, -0.25) is 14.2 Å². The van der Waals surface area contributed by atoms with E-state index in [1.54, 1.807) is 18.2 Å². The molecule has 0 aliphatic rings. The Bertz CT molecular complexity index is 645. The third-order valence-electron chi connectivity index (χ3n) is 2.30. The summed E-state index contributed by atoms with van der Waals surface area (Å²) in [6, 6.07) is 5.17. The lowest BCUT2D eigenvalue weighted by atomic mass is 10.2. The molecule has 0 spiro atoms. The Labute approximate surface area is 111 Å².